The summed E-state index contributed by atoms with van der Waals surface area (Å²) < 4.78 is 5.61. The first kappa shape index (κ1) is 14.5. The molecule has 0 aliphatic rings. The maximum Gasteiger partial charge on any atom is 0.120 e. The molecule has 0 spiro atoms. The van der Waals surface area contributed by atoms with Gasteiger partial charge in [-0.2, -0.15) is 5.26 Å². The molecule has 20 heavy (non-hydrogen) atoms. The van der Waals surface area contributed by atoms with Crippen molar-refractivity contribution < 1.29 is 4.74 Å². The number of thiazole rings is 1. The van der Waals surface area contributed by atoms with E-state index in [2.05, 4.69) is 30.2 Å². The summed E-state index contributed by atoms with van der Waals surface area (Å²) in [6, 6.07) is 9.50. The zero-order chi connectivity index (χ0) is 14.4. The van der Waals surface area contributed by atoms with E-state index in [-0.39, 0.29) is 6.04 Å². The fraction of sp³-hybridized carbons (Fsp3) is 0.333. The lowest BCUT2D eigenvalue weighted by Gasteiger charge is -2.12. The van der Waals surface area contributed by atoms with Crippen molar-refractivity contribution in [3.63, 3.8) is 0 Å². The number of benzene rings is 1. The van der Waals surface area contributed by atoms with E-state index in [4.69, 9.17) is 10.00 Å². The standard InChI is InChI=1S/C15H17N3OS/c1-11-10-18-15(20-11)12(2)17-6-7-19-14-5-3-4-13(8-14)9-16/h3-5,8,10,12,17H,6-7H2,1-2H3/t12-/m1/s1. The molecule has 0 fully saturated rings. The topological polar surface area (TPSA) is 57.9 Å². The second-order valence-electron chi connectivity index (χ2n) is 4.47. The van der Waals surface area contributed by atoms with Crippen molar-refractivity contribution in [1.82, 2.24) is 10.3 Å². The second kappa shape index (κ2) is 7.04. The average Bonchev–Trinajstić information content (AvgIpc) is 2.90. The van der Waals surface area contributed by atoms with Gasteiger partial charge < -0.3 is 10.1 Å². The molecule has 0 bridgehead atoms. The lowest BCUT2D eigenvalue weighted by Crippen LogP contribution is -2.24. The van der Waals surface area contributed by atoms with E-state index in [1.165, 1.54) is 4.88 Å². The van der Waals surface area contributed by atoms with Gasteiger partial charge in [0.15, 0.2) is 0 Å². The van der Waals surface area contributed by atoms with Crippen LogP contribution in [0, 0.1) is 18.3 Å². The number of hydrogen-bond donors (Lipinski definition) is 1. The summed E-state index contributed by atoms with van der Waals surface area (Å²) in [6.45, 7) is 5.44. The summed E-state index contributed by atoms with van der Waals surface area (Å²) in [5, 5.41) is 13.3. The van der Waals surface area contributed by atoms with E-state index in [1.807, 2.05) is 18.3 Å². The van der Waals surface area contributed by atoms with E-state index < -0.39 is 0 Å². The number of nitriles is 1. The third kappa shape index (κ3) is 4.05. The minimum absolute atomic E-state index is 0.225. The van der Waals surface area contributed by atoms with Crippen LogP contribution >= 0.6 is 11.3 Å². The van der Waals surface area contributed by atoms with E-state index in [9.17, 15) is 0 Å². The molecule has 0 aliphatic heterocycles. The Morgan fingerprint density at radius 1 is 1.50 bits per heavy atom. The van der Waals surface area contributed by atoms with Crippen LogP contribution < -0.4 is 10.1 Å². The van der Waals surface area contributed by atoms with E-state index in [1.54, 1.807) is 23.5 Å². The molecular formula is C15H17N3OS. The summed E-state index contributed by atoms with van der Waals surface area (Å²) in [5.74, 6) is 0.726. The van der Waals surface area contributed by atoms with Gasteiger partial charge in [0, 0.05) is 17.6 Å². The molecule has 5 heteroatoms. The van der Waals surface area contributed by atoms with Crippen LogP contribution in [-0.2, 0) is 0 Å². The summed E-state index contributed by atoms with van der Waals surface area (Å²) in [7, 11) is 0. The Bertz CT molecular complexity index is 603. The Morgan fingerprint density at radius 3 is 3.05 bits per heavy atom. The Morgan fingerprint density at radius 2 is 2.35 bits per heavy atom. The Balaban J connectivity index is 1.75. The van der Waals surface area contributed by atoms with Crippen LogP contribution in [0.25, 0.3) is 0 Å². The van der Waals surface area contributed by atoms with Crippen molar-refractivity contribution in [2.75, 3.05) is 13.2 Å². The van der Waals surface area contributed by atoms with Crippen LogP contribution in [-0.4, -0.2) is 18.1 Å². The van der Waals surface area contributed by atoms with Crippen molar-refractivity contribution in [1.29, 1.82) is 5.26 Å². The van der Waals surface area contributed by atoms with Crippen molar-refractivity contribution in [3.05, 3.63) is 45.9 Å². The van der Waals surface area contributed by atoms with Crippen molar-refractivity contribution in [2.45, 2.75) is 19.9 Å². The predicted octanol–water partition coefficient (Wildman–Crippen LogP) is 3.05. The highest BCUT2D eigenvalue weighted by atomic mass is 32.1. The average molecular weight is 287 g/mol. The smallest absolute Gasteiger partial charge is 0.120 e. The van der Waals surface area contributed by atoms with Crippen molar-refractivity contribution in [3.8, 4) is 11.8 Å². The number of nitrogens with zero attached hydrogens (tertiary/aromatic N) is 2. The molecule has 0 amide bonds. The quantitative estimate of drug-likeness (QED) is 0.830. The van der Waals surface area contributed by atoms with Crippen molar-refractivity contribution >= 4 is 11.3 Å². The lowest BCUT2D eigenvalue weighted by atomic mass is 10.2. The maximum atomic E-state index is 8.81. The molecule has 0 saturated heterocycles. The zero-order valence-corrected chi connectivity index (χ0v) is 12.4. The van der Waals surface area contributed by atoms with E-state index in [0.717, 1.165) is 17.3 Å². The van der Waals surface area contributed by atoms with E-state index in [0.29, 0.717) is 12.2 Å². The Kier molecular flexibility index (Phi) is 5.10. The summed E-state index contributed by atoms with van der Waals surface area (Å²) in [6.07, 6.45) is 1.89. The van der Waals surface area contributed by atoms with Crippen LogP contribution in [0.1, 0.15) is 28.4 Å². The van der Waals surface area contributed by atoms with Gasteiger partial charge in [0.1, 0.15) is 17.4 Å². The van der Waals surface area contributed by atoms with Crippen LogP contribution in [0.2, 0.25) is 0 Å². The van der Waals surface area contributed by atoms with Gasteiger partial charge in [0.05, 0.1) is 17.7 Å². The lowest BCUT2D eigenvalue weighted by molar-refractivity contribution is 0.307. The first-order valence-electron chi connectivity index (χ1n) is 6.47. The van der Waals surface area contributed by atoms with Gasteiger partial charge in [0.25, 0.3) is 0 Å². The van der Waals surface area contributed by atoms with Gasteiger partial charge in [-0.3, -0.25) is 0 Å². The summed E-state index contributed by atoms with van der Waals surface area (Å²) in [4.78, 5) is 5.58. The van der Waals surface area contributed by atoms with Gasteiger partial charge in [-0.15, -0.1) is 11.3 Å². The zero-order valence-electron chi connectivity index (χ0n) is 11.6. The third-order valence-electron chi connectivity index (χ3n) is 2.79. The Hall–Kier alpha value is -1.90. The van der Waals surface area contributed by atoms with Gasteiger partial charge in [-0.05, 0) is 32.0 Å². The molecule has 2 rings (SSSR count). The van der Waals surface area contributed by atoms with Gasteiger partial charge in [-0.1, -0.05) is 6.07 Å². The molecule has 1 atom stereocenters. The molecule has 0 aliphatic carbocycles. The largest absolute Gasteiger partial charge is 0.492 e. The fourth-order valence-electron chi connectivity index (χ4n) is 1.76. The SMILES string of the molecule is Cc1cnc([C@@H](C)NCCOc2cccc(C#N)c2)s1. The monoisotopic (exact) mass is 287 g/mol. The first-order chi connectivity index (χ1) is 9.69. The summed E-state index contributed by atoms with van der Waals surface area (Å²) >= 11 is 1.70. The van der Waals surface area contributed by atoms with Crippen LogP contribution in [0.5, 0.6) is 5.75 Å². The second-order valence-corrected chi connectivity index (χ2v) is 5.74. The molecule has 104 valence electrons. The predicted molar refractivity (Wildman–Crippen MR) is 79.9 cm³/mol. The minimum atomic E-state index is 0.225. The van der Waals surface area contributed by atoms with Gasteiger partial charge >= 0.3 is 0 Å². The normalized spacial score (nSPS) is 11.8. The molecule has 0 radical (unpaired) electrons. The summed E-state index contributed by atoms with van der Waals surface area (Å²) in [5.41, 5.74) is 0.613. The number of rotatable bonds is 6. The molecule has 1 aromatic heterocycles. The molecule has 1 aromatic carbocycles. The van der Waals surface area contributed by atoms with Gasteiger partial charge in [-0.25, -0.2) is 4.98 Å². The fourth-order valence-corrected chi connectivity index (χ4v) is 2.56. The highest BCUT2D eigenvalue weighted by molar-refractivity contribution is 7.11. The minimum Gasteiger partial charge on any atom is -0.492 e. The highest BCUT2D eigenvalue weighted by Crippen LogP contribution is 2.18. The number of aromatic nitrogens is 1. The molecule has 1 N–H and O–H groups in total. The van der Waals surface area contributed by atoms with Crippen LogP contribution in [0.15, 0.2) is 30.5 Å². The van der Waals surface area contributed by atoms with Gasteiger partial charge in [0.2, 0.25) is 0 Å². The first-order valence-corrected chi connectivity index (χ1v) is 7.29. The molecule has 0 unspecified atom stereocenters. The highest BCUT2D eigenvalue weighted by Gasteiger charge is 2.08. The third-order valence-corrected chi connectivity index (χ3v) is 3.89. The molecular weight excluding hydrogens is 270 g/mol. The number of aryl methyl sites for hydroxylation is 1. The molecule has 1 heterocycles. The van der Waals surface area contributed by atoms with Crippen LogP contribution in [0.4, 0.5) is 0 Å². The van der Waals surface area contributed by atoms with Crippen LogP contribution in [0.3, 0.4) is 0 Å². The number of ether oxygens (including phenoxy) is 1. The maximum absolute atomic E-state index is 8.81. The molecule has 2 aromatic rings. The number of nitrogens with one attached hydrogen (secondary N) is 1. The molecule has 0 saturated carbocycles. The van der Waals surface area contributed by atoms with Crippen molar-refractivity contribution in [2.24, 2.45) is 0 Å². The Labute approximate surface area is 123 Å². The van der Waals surface area contributed by atoms with E-state index >= 15 is 0 Å². The number of hydrogen-bond acceptors (Lipinski definition) is 5. The molecule has 4 nitrogen and oxygen atoms in total.